The molecule has 0 spiro atoms. The number of alkyl halides is 3. The van der Waals surface area contributed by atoms with Crippen molar-refractivity contribution >= 4 is 23.3 Å². The largest absolute Gasteiger partial charge is 0.542 e. The molecule has 0 N–H and O–H groups in total. The molecule has 7 nitrogen and oxygen atoms in total. The molecule has 1 saturated heterocycles. The number of amides is 1. The number of diazo groups is 1. The first kappa shape index (κ1) is 25.2. The van der Waals surface area contributed by atoms with Crippen LogP contribution in [0.4, 0.5) is 24.5 Å². The summed E-state index contributed by atoms with van der Waals surface area (Å²) >= 11 is 0. The second-order valence-electron chi connectivity index (χ2n) is 7.79. The predicted molar refractivity (Wildman–Crippen MR) is 119 cm³/mol. The SMILES string of the molecule is COc1ccccc1[C@H]1N(c2ccccc2)C(=O)[C@]1(C)c1ccc([N+]#N)cc1.O=C([O-])C(F)(F)F. The van der Waals surface area contributed by atoms with Crippen LogP contribution in [0.15, 0.2) is 78.9 Å². The van der Waals surface area contributed by atoms with Gasteiger partial charge in [0.15, 0.2) is 4.98 Å². The Morgan fingerprint density at radius 1 is 1.03 bits per heavy atom. The van der Waals surface area contributed by atoms with Crippen LogP contribution in [-0.4, -0.2) is 25.2 Å². The van der Waals surface area contributed by atoms with Crippen molar-refractivity contribution in [3.63, 3.8) is 0 Å². The lowest BCUT2D eigenvalue weighted by molar-refractivity contribution is -0.344. The highest BCUT2D eigenvalue weighted by Crippen LogP contribution is 2.55. The van der Waals surface area contributed by atoms with Gasteiger partial charge in [0.1, 0.15) is 11.7 Å². The first-order valence-corrected chi connectivity index (χ1v) is 10.3. The molecule has 3 aromatic rings. The summed E-state index contributed by atoms with van der Waals surface area (Å²) in [5.74, 6) is -2.25. The number of methoxy groups -OCH3 is 1. The van der Waals surface area contributed by atoms with Crippen LogP contribution in [0.3, 0.4) is 0 Å². The van der Waals surface area contributed by atoms with E-state index in [-0.39, 0.29) is 11.9 Å². The molecule has 1 heterocycles. The number of benzene rings is 3. The van der Waals surface area contributed by atoms with Gasteiger partial charge in [0.2, 0.25) is 11.3 Å². The predicted octanol–water partition coefficient (Wildman–Crippen LogP) is 4.52. The summed E-state index contributed by atoms with van der Waals surface area (Å²) in [5, 5.41) is 17.8. The average molecular weight is 483 g/mol. The van der Waals surface area contributed by atoms with Gasteiger partial charge >= 0.3 is 11.9 Å². The van der Waals surface area contributed by atoms with Crippen LogP contribution < -0.4 is 14.7 Å². The number of ether oxygens (including phenoxy) is 1. The van der Waals surface area contributed by atoms with Gasteiger partial charge in [-0.3, -0.25) is 4.79 Å². The molecule has 1 aliphatic heterocycles. The second-order valence-corrected chi connectivity index (χ2v) is 7.79. The molecule has 0 radical (unpaired) electrons. The molecule has 1 amide bonds. The maximum atomic E-state index is 13.4. The summed E-state index contributed by atoms with van der Waals surface area (Å²) < 4.78 is 37.1. The summed E-state index contributed by atoms with van der Waals surface area (Å²) in [6.45, 7) is 1.96. The van der Waals surface area contributed by atoms with Gasteiger partial charge in [0.05, 0.1) is 18.6 Å². The van der Waals surface area contributed by atoms with Crippen LogP contribution in [0.2, 0.25) is 0 Å². The minimum Gasteiger partial charge on any atom is -0.542 e. The van der Waals surface area contributed by atoms with Crippen LogP contribution in [0, 0.1) is 5.39 Å². The lowest BCUT2D eigenvalue weighted by Crippen LogP contribution is -2.65. The number of hydrogen-bond acceptors (Lipinski definition) is 5. The summed E-state index contributed by atoms with van der Waals surface area (Å²) in [5.41, 5.74) is 2.36. The summed E-state index contributed by atoms with van der Waals surface area (Å²) in [6.07, 6.45) is -5.19. The van der Waals surface area contributed by atoms with Crippen molar-refractivity contribution in [2.24, 2.45) is 0 Å². The number of halogens is 3. The van der Waals surface area contributed by atoms with E-state index in [4.69, 9.17) is 20.0 Å². The lowest BCUT2D eigenvalue weighted by Gasteiger charge is -2.55. The van der Waals surface area contributed by atoms with Crippen molar-refractivity contribution in [3.05, 3.63) is 95.0 Å². The van der Waals surface area contributed by atoms with Crippen LogP contribution in [-0.2, 0) is 15.0 Å². The first-order valence-electron chi connectivity index (χ1n) is 10.3. The fourth-order valence-corrected chi connectivity index (χ4v) is 4.03. The molecule has 2 atom stereocenters. The van der Waals surface area contributed by atoms with E-state index in [0.717, 1.165) is 22.6 Å². The van der Waals surface area contributed by atoms with E-state index in [1.165, 1.54) is 0 Å². The third-order valence-electron chi connectivity index (χ3n) is 5.75. The molecule has 0 aromatic heterocycles. The Kier molecular flexibility index (Phi) is 7.10. The maximum absolute atomic E-state index is 13.4. The number of para-hydroxylation sites is 2. The van der Waals surface area contributed by atoms with E-state index in [1.807, 2.05) is 78.6 Å². The van der Waals surface area contributed by atoms with Gasteiger partial charge in [-0.2, -0.15) is 13.2 Å². The number of β-lactam (4-membered cyclic amide) rings is 1. The minimum atomic E-state index is -5.19. The topological polar surface area (TPSA) is 97.8 Å². The summed E-state index contributed by atoms with van der Waals surface area (Å²) in [6, 6.07) is 24.3. The molecule has 0 bridgehead atoms. The van der Waals surface area contributed by atoms with Crippen molar-refractivity contribution in [1.29, 1.82) is 5.39 Å². The smallest absolute Gasteiger partial charge is 0.430 e. The van der Waals surface area contributed by atoms with Crippen LogP contribution in [0.1, 0.15) is 24.1 Å². The molecule has 0 unspecified atom stereocenters. The van der Waals surface area contributed by atoms with E-state index in [9.17, 15) is 18.0 Å². The van der Waals surface area contributed by atoms with Crippen molar-refractivity contribution in [2.45, 2.75) is 24.6 Å². The number of aliphatic carboxylic acids is 1. The number of nitrogens with zero attached hydrogens (tertiary/aromatic N) is 3. The van der Waals surface area contributed by atoms with Gasteiger partial charge in [-0.05, 0) is 42.8 Å². The monoisotopic (exact) mass is 483 g/mol. The van der Waals surface area contributed by atoms with E-state index < -0.39 is 17.6 Å². The number of carbonyl (C=O) groups is 2. The van der Waals surface area contributed by atoms with E-state index in [0.29, 0.717) is 5.69 Å². The Labute approximate surface area is 199 Å². The zero-order chi connectivity index (χ0) is 25.8. The van der Waals surface area contributed by atoms with E-state index in [1.54, 1.807) is 19.2 Å². The van der Waals surface area contributed by atoms with Crippen molar-refractivity contribution in [1.82, 2.24) is 0 Å². The van der Waals surface area contributed by atoms with Gasteiger partial charge in [-0.15, -0.1) is 0 Å². The highest BCUT2D eigenvalue weighted by Gasteiger charge is 2.60. The van der Waals surface area contributed by atoms with Crippen LogP contribution in [0.5, 0.6) is 5.75 Å². The Balaban J connectivity index is 0.000000429. The molecule has 10 heteroatoms. The van der Waals surface area contributed by atoms with E-state index >= 15 is 0 Å². The molecule has 1 fully saturated rings. The Bertz CT molecular complexity index is 1260. The molecule has 0 aliphatic carbocycles. The number of hydrogen-bond donors (Lipinski definition) is 0. The molecule has 35 heavy (non-hydrogen) atoms. The Morgan fingerprint density at radius 3 is 2.09 bits per heavy atom. The third-order valence-corrected chi connectivity index (χ3v) is 5.75. The standard InChI is InChI=1S/C23H20N3O2.C2HF3O2/c1-23(16-12-14-17(25-24)15-13-16)21(19-10-6-7-11-20(19)28-2)26(22(23)27)18-8-4-3-5-9-18;3-2(4,5)1(6)7/h3-15,21H,1-2H3;(H,6,7)/q+1;/p-1/t21-,23-;/m1./s1. The molecular formula is C25H20F3N3O4. The normalized spacial score (nSPS) is 19.0. The van der Waals surface area contributed by atoms with Gasteiger partial charge in [-0.25, -0.2) is 0 Å². The van der Waals surface area contributed by atoms with Crippen molar-refractivity contribution in [2.75, 3.05) is 12.0 Å². The third kappa shape index (κ3) is 4.80. The zero-order valence-corrected chi connectivity index (χ0v) is 18.7. The highest BCUT2D eigenvalue weighted by atomic mass is 19.4. The first-order chi connectivity index (χ1) is 16.6. The van der Waals surface area contributed by atoms with Crippen molar-refractivity contribution < 1.29 is 32.6 Å². The number of rotatable bonds is 4. The number of carboxylic acids is 1. The number of carboxylic acid groups (broad SMARTS) is 1. The fourth-order valence-electron chi connectivity index (χ4n) is 4.03. The summed E-state index contributed by atoms with van der Waals surface area (Å²) in [4.78, 5) is 27.2. The average Bonchev–Trinajstić information content (AvgIpc) is 2.86. The highest BCUT2D eigenvalue weighted by molar-refractivity contribution is 6.10. The molecule has 180 valence electrons. The minimum absolute atomic E-state index is 0.0169. The summed E-state index contributed by atoms with van der Waals surface area (Å²) in [7, 11) is 1.64. The van der Waals surface area contributed by atoms with Gasteiger partial charge in [0.25, 0.3) is 0 Å². The molecule has 3 aromatic carbocycles. The van der Waals surface area contributed by atoms with Gasteiger partial charge < -0.3 is 19.5 Å². The van der Waals surface area contributed by atoms with Crippen molar-refractivity contribution in [3.8, 4) is 5.75 Å². The van der Waals surface area contributed by atoms with E-state index in [2.05, 4.69) is 4.98 Å². The zero-order valence-electron chi connectivity index (χ0n) is 18.7. The molecule has 4 rings (SSSR count). The number of anilines is 1. The molecule has 1 aliphatic rings. The maximum Gasteiger partial charge on any atom is 0.430 e. The Morgan fingerprint density at radius 2 is 1.57 bits per heavy atom. The quantitative estimate of drug-likeness (QED) is 0.401. The fraction of sp³-hybridized carbons (Fsp3) is 0.200. The van der Waals surface area contributed by atoms with Crippen LogP contribution in [0.25, 0.3) is 4.98 Å². The second kappa shape index (κ2) is 9.85. The van der Waals surface area contributed by atoms with Crippen LogP contribution >= 0.6 is 0 Å². The van der Waals surface area contributed by atoms with Gasteiger partial charge in [0, 0.05) is 23.4 Å². The molecule has 0 saturated carbocycles. The molecular weight excluding hydrogens is 463 g/mol. The Hall–Kier alpha value is -4.39. The van der Waals surface area contributed by atoms with Gasteiger partial charge in [-0.1, -0.05) is 36.4 Å². The lowest BCUT2D eigenvalue weighted by atomic mass is 9.64. The number of carbonyl (C=O) groups excluding carboxylic acids is 2.